The highest BCUT2D eigenvalue weighted by Gasteiger charge is 2.10. The highest BCUT2D eigenvalue weighted by Crippen LogP contribution is 2.15. The number of rotatable bonds is 5. The summed E-state index contributed by atoms with van der Waals surface area (Å²) in [6.07, 6.45) is 1.17. The highest BCUT2D eigenvalue weighted by atomic mass is 32.2. The molecule has 1 rings (SSSR count). The Bertz CT molecular complexity index is 507. The quantitative estimate of drug-likeness (QED) is 0.806. The molecule has 0 aliphatic rings. The van der Waals surface area contributed by atoms with Gasteiger partial charge in [0, 0.05) is 12.3 Å². The molecule has 0 saturated carbocycles. The van der Waals surface area contributed by atoms with Gasteiger partial charge in [-0.05, 0) is 24.6 Å². The van der Waals surface area contributed by atoms with Gasteiger partial charge in [0.05, 0.1) is 18.6 Å². The molecule has 0 saturated heterocycles. The zero-order valence-corrected chi connectivity index (χ0v) is 11.5. The molecule has 5 nitrogen and oxygen atoms in total. The van der Waals surface area contributed by atoms with Crippen LogP contribution in [0.1, 0.15) is 18.5 Å². The molecule has 100 valence electrons. The summed E-state index contributed by atoms with van der Waals surface area (Å²) in [5.74, 6) is -0.338. The van der Waals surface area contributed by atoms with Gasteiger partial charge in [0.25, 0.3) is 0 Å². The Kier molecular flexibility index (Phi) is 4.86. The number of hydrogen-bond donors (Lipinski definition) is 1. The molecule has 1 unspecified atom stereocenters. The number of benzene rings is 1. The minimum Gasteiger partial charge on any atom is -0.468 e. The lowest BCUT2D eigenvalue weighted by Crippen LogP contribution is -2.26. The molecule has 0 fully saturated rings. The van der Waals surface area contributed by atoms with Gasteiger partial charge in [-0.2, -0.15) is 0 Å². The van der Waals surface area contributed by atoms with Gasteiger partial charge in [0.15, 0.2) is 9.84 Å². The van der Waals surface area contributed by atoms with E-state index in [1.54, 1.807) is 24.3 Å². The summed E-state index contributed by atoms with van der Waals surface area (Å²) < 4.78 is 27.1. The maximum Gasteiger partial charge on any atom is 0.319 e. The van der Waals surface area contributed by atoms with Crippen molar-refractivity contribution in [2.24, 2.45) is 0 Å². The van der Waals surface area contributed by atoms with E-state index >= 15 is 0 Å². The molecular formula is C12H17NO4S. The van der Waals surface area contributed by atoms with Gasteiger partial charge >= 0.3 is 5.97 Å². The number of nitrogens with one attached hydrogen (secondary N) is 1. The van der Waals surface area contributed by atoms with E-state index in [0.717, 1.165) is 5.56 Å². The zero-order valence-electron chi connectivity index (χ0n) is 10.6. The van der Waals surface area contributed by atoms with Crippen LogP contribution in [0.2, 0.25) is 0 Å². The van der Waals surface area contributed by atoms with E-state index in [1.807, 2.05) is 6.92 Å². The smallest absolute Gasteiger partial charge is 0.319 e. The van der Waals surface area contributed by atoms with E-state index in [1.165, 1.54) is 13.4 Å². The Hall–Kier alpha value is -1.40. The lowest BCUT2D eigenvalue weighted by Gasteiger charge is -2.13. The Morgan fingerprint density at radius 3 is 2.33 bits per heavy atom. The van der Waals surface area contributed by atoms with Crippen molar-refractivity contribution in [1.29, 1.82) is 0 Å². The summed E-state index contributed by atoms with van der Waals surface area (Å²) >= 11 is 0. The maximum absolute atomic E-state index is 11.3. The van der Waals surface area contributed by atoms with E-state index in [9.17, 15) is 13.2 Å². The number of sulfone groups is 1. The van der Waals surface area contributed by atoms with E-state index in [0.29, 0.717) is 0 Å². The van der Waals surface area contributed by atoms with E-state index in [-0.39, 0.29) is 23.5 Å². The van der Waals surface area contributed by atoms with Crippen molar-refractivity contribution >= 4 is 15.8 Å². The second-order valence-electron chi connectivity index (χ2n) is 4.02. The molecule has 1 N–H and O–H groups in total. The fourth-order valence-corrected chi connectivity index (χ4v) is 2.06. The van der Waals surface area contributed by atoms with Crippen molar-refractivity contribution in [2.45, 2.75) is 17.9 Å². The third kappa shape index (κ3) is 4.12. The van der Waals surface area contributed by atoms with Crippen molar-refractivity contribution in [1.82, 2.24) is 5.32 Å². The first-order chi connectivity index (χ1) is 8.34. The number of ether oxygens (including phenoxy) is 1. The summed E-state index contributed by atoms with van der Waals surface area (Å²) in [6.45, 7) is 2.00. The van der Waals surface area contributed by atoms with Crippen molar-refractivity contribution in [3.05, 3.63) is 29.8 Å². The Labute approximate surface area is 107 Å². The summed E-state index contributed by atoms with van der Waals surface area (Å²) in [5, 5.41) is 2.98. The molecule has 0 heterocycles. The minimum atomic E-state index is -3.17. The molecule has 1 aromatic carbocycles. The molecule has 0 aliphatic heterocycles. The van der Waals surface area contributed by atoms with Crippen LogP contribution in [0, 0.1) is 0 Å². The molecule has 0 spiro atoms. The van der Waals surface area contributed by atoms with E-state index in [2.05, 4.69) is 10.1 Å². The second kappa shape index (κ2) is 5.97. The predicted molar refractivity (Wildman–Crippen MR) is 68.0 cm³/mol. The SMILES string of the molecule is COC(=O)CNC(C)c1ccc(S(C)(=O)=O)cc1. The first-order valence-corrected chi connectivity index (χ1v) is 7.34. The average molecular weight is 271 g/mol. The molecule has 18 heavy (non-hydrogen) atoms. The van der Waals surface area contributed by atoms with Crippen molar-refractivity contribution in [3.63, 3.8) is 0 Å². The van der Waals surface area contributed by atoms with Gasteiger partial charge in [-0.15, -0.1) is 0 Å². The monoisotopic (exact) mass is 271 g/mol. The molecule has 0 radical (unpaired) electrons. The predicted octanol–water partition coefficient (Wildman–Crippen LogP) is 0.914. The number of esters is 1. The summed E-state index contributed by atoms with van der Waals surface area (Å²) in [5.41, 5.74) is 0.909. The van der Waals surface area contributed by atoms with Crippen LogP contribution >= 0.6 is 0 Å². The molecule has 0 amide bonds. The van der Waals surface area contributed by atoms with Crippen LogP contribution in [0.25, 0.3) is 0 Å². The van der Waals surface area contributed by atoms with Crippen LogP contribution in [0.5, 0.6) is 0 Å². The van der Waals surface area contributed by atoms with Gasteiger partial charge in [0.1, 0.15) is 0 Å². The fraction of sp³-hybridized carbons (Fsp3) is 0.417. The standard InChI is InChI=1S/C12H17NO4S/c1-9(13-8-12(14)17-2)10-4-6-11(7-5-10)18(3,15)16/h4-7,9,13H,8H2,1-3H3. The highest BCUT2D eigenvalue weighted by molar-refractivity contribution is 7.90. The van der Waals surface area contributed by atoms with Crippen LogP contribution in [0.15, 0.2) is 29.2 Å². The number of carbonyl (C=O) groups is 1. The number of methoxy groups -OCH3 is 1. The average Bonchev–Trinajstić information content (AvgIpc) is 2.34. The second-order valence-corrected chi connectivity index (χ2v) is 6.04. The Balaban J connectivity index is 2.70. The molecule has 0 aliphatic carbocycles. The maximum atomic E-state index is 11.3. The molecule has 1 aromatic rings. The van der Waals surface area contributed by atoms with Crippen LogP contribution < -0.4 is 5.32 Å². The minimum absolute atomic E-state index is 0.0577. The molecule has 0 bridgehead atoms. The normalized spacial score (nSPS) is 13.1. The number of hydrogen-bond acceptors (Lipinski definition) is 5. The fourth-order valence-electron chi connectivity index (χ4n) is 1.43. The van der Waals surface area contributed by atoms with Crippen molar-refractivity contribution in [3.8, 4) is 0 Å². The van der Waals surface area contributed by atoms with Gasteiger partial charge in [-0.3, -0.25) is 4.79 Å². The van der Waals surface area contributed by atoms with Crippen LogP contribution in [-0.4, -0.2) is 34.3 Å². The van der Waals surface area contributed by atoms with Crippen LogP contribution in [-0.2, 0) is 19.4 Å². The molecule has 6 heteroatoms. The summed E-state index contributed by atoms with van der Waals surface area (Å²) in [6, 6.07) is 6.51. The Morgan fingerprint density at radius 1 is 1.33 bits per heavy atom. The first-order valence-electron chi connectivity index (χ1n) is 5.45. The van der Waals surface area contributed by atoms with Crippen molar-refractivity contribution < 1.29 is 17.9 Å². The summed E-state index contributed by atoms with van der Waals surface area (Å²) in [7, 11) is -1.84. The summed E-state index contributed by atoms with van der Waals surface area (Å²) in [4.78, 5) is 11.3. The van der Waals surface area contributed by atoms with Gasteiger partial charge < -0.3 is 10.1 Å². The molecular weight excluding hydrogens is 254 g/mol. The van der Waals surface area contributed by atoms with Gasteiger partial charge in [-0.1, -0.05) is 12.1 Å². The van der Waals surface area contributed by atoms with Gasteiger partial charge in [-0.25, -0.2) is 8.42 Å². The largest absolute Gasteiger partial charge is 0.468 e. The third-order valence-electron chi connectivity index (χ3n) is 2.59. The van der Waals surface area contributed by atoms with Crippen LogP contribution in [0.4, 0.5) is 0 Å². The van der Waals surface area contributed by atoms with Gasteiger partial charge in [0.2, 0.25) is 0 Å². The lowest BCUT2D eigenvalue weighted by atomic mass is 10.1. The van der Waals surface area contributed by atoms with Crippen molar-refractivity contribution in [2.75, 3.05) is 19.9 Å². The Morgan fingerprint density at radius 2 is 1.89 bits per heavy atom. The molecule has 0 aromatic heterocycles. The lowest BCUT2D eigenvalue weighted by molar-refractivity contribution is -0.139. The third-order valence-corrected chi connectivity index (χ3v) is 3.72. The zero-order chi connectivity index (χ0) is 13.8. The van der Waals surface area contributed by atoms with E-state index in [4.69, 9.17) is 0 Å². The topological polar surface area (TPSA) is 72.5 Å². The number of carbonyl (C=O) groups excluding carboxylic acids is 1. The molecule has 1 atom stereocenters. The first kappa shape index (κ1) is 14.7. The van der Waals surface area contributed by atoms with Crippen LogP contribution in [0.3, 0.4) is 0 Å². The van der Waals surface area contributed by atoms with E-state index < -0.39 is 9.84 Å².